The van der Waals surface area contributed by atoms with Crippen molar-refractivity contribution in [2.45, 2.75) is 74.7 Å². The van der Waals surface area contributed by atoms with Crippen molar-refractivity contribution in [1.82, 2.24) is 20.9 Å². The minimum Gasteiger partial charge on any atom is -0.507 e. The van der Waals surface area contributed by atoms with Gasteiger partial charge in [0.05, 0.1) is 30.2 Å². The molecule has 2 aliphatic carbocycles. The molecule has 1 fully saturated rings. The molecule has 6 aliphatic rings. The Morgan fingerprint density at radius 1 is 1.06 bits per heavy atom. The van der Waals surface area contributed by atoms with Crippen molar-refractivity contribution in [3.8, 4) is 17.2 Å². The third-order valence-corrected chi connectivity index (χ3v) is 14.2. The molecule has 22 heteroatoms. The van der Waals surface area contributed by atoms with Gasteiger partial charge >= 0.3 is 0 Å². The number of aliphatic hydroxyl groups excluding tert-OH is 4. The number of carbonyl (C=O) groups excluding carboxylic acids is 4. The number of nitrogens with two attached hydrogens (primary N) is 3. The van der Waals surface area contributed by atoms with Crippen LogP contribution in [0.5, 0.6) is 17.2 Å². The lowest BCUT2D eigenvalue weighted by Gasteiger charge is -2.53. The van der Waals surface area contributed by atoms with E-state index >= 15 is 9.59 Å². The number of hydrogen-bond donors (Lipinski definition) is 13. The van der Waals surface area contributed by atoms with E-state index in [1.54, 1.807) is 12.2 Å². The molecule has 4 aliphatic heterocycles. The van der Waals surface area contributed by atoms with Crippen LogP contribution in [0.15, 0.2) is 76.7 Å². The van der Waals surface area contributed by atoms with Gasteiger partial charge in [0.1, 0.15) is 41.7 Å². The van der Waals surface area contributed by atoms with Gasteiger partial charge in [-0.25, -0.2) is 0 Å². The number of ketones is 2. The molecule has 0 radical (unpaired) electrons. The van der Waals surface area contributed by atoms with E-state index in [1.165, 1.54) is 32.4 Å². The smallest absolute Gasteiger partial charge is 0.253 e. The van der Waals surface area contributed by atoms with Gasteiger partial charge in [-0.1, -0.05) is 12.2 Å². The number of aliphatic hydroxyl groups is 6. The number of nitrogens with one attached hydrogen (secondary N) is 3. The number of amides is 2. The number of nitrogens with zero attached hydrogens (tertiary/aromatic N) is 2. The van der Waals surface area contributed by atoms with Gasteiger partial charge < -0.3 is 83.1 Å². The summed E-state index contributed by atoms with van der Waals surface area (Å²) < 4.78 is 17.4. The van der Waals surface area contributed by atoms with Crippen molar-refractivity contribution in [3.05, 3.63) is 111 Å². The molecular formula is C48H58N8O14. The second-order valence-corrected chi connectivity index (χ2v) is 18.1. The zero-order valence-electron chi connectivity index (χ0n) is 38.4. The van der Waals surface area contributed by atoms with Crippen LogP contribution in [0, 0.1) is 17.8 Å². The number of hydrogen-bond acceptors (Lipinski definition) is 19. The van der Waals surface area contributed by atoms with Crippen LogP contribution in [0.25, 0.3) is 0 Å². The number of aromatic hydroxyl groups is 1. The molecule has 9 atom stereocenters. The van der Waals surface area contributed by atoms with Gasteiger partial charge in [-0.05, 0) is 84.4 Å². The van der Waals surface area contributed by atoms with Gasteiger partial charge in [-0.15, -0.1) is 0 Å². The highest BCUT2D eigenvalue weighted by Gasteiger charge is 2.65. The molecule has 0 saturated carbocycles. The van der Waals surface area contributed by atoms with E-state index in [-0.39, 0.29) is 90.7 Å². The molecule has 1 unspecified atom stereocenters. The Morgan fingerprint density at radius 2 is 1.80 bits per heavy atom. The highest BCUT2D eigenvalue weighted by atomic mass is 16.8. The largest absolute Gasteiger partial charge is 0.507 e. The molecule has 1 saturated heterocycles. The second-order valence-electron chi connectivity index (χ2n) is 18.1. The Balaban J connectivity index is 1.18. The number of ether oxygens (including phenoxy) is 3. The van der Waals surface area contributed by atoms with Gasteiger partial charge in [-0.2, -0.15) is 0 Å². The topological polar surface area (TPSA) is 367 Å². The summed E-state index contributed by atoms with van der Waals surface area (Å²) in [4.78, 5) is 60.4. The number of fused-ring (bicyclic) bond motifs is 4. The summed E-state index contributed by atoms with van der Waals surface area (Å²) in [5, 5.41) is 90.0. The standard InChI is InChI=1S/C48H58N8O14/c1-52-46(51)55-19-31-29-16-28(24-4-6-33(49)54-18-24)22(10-12-57)3-5-27(29)38-39(41(31)62)42(63)37-30(40(38)61)14-26(68-2)15-32(37)69-45-43(64)44(65)47(66,48(67,21-58)70-45)17-25(23-9-11-53-34(50)13-23)20-56-35(59)7-8-36(56)60/h4,6-9,13-15,18,22,25,28,33,43-45,53-54,57-58,62,64-67H,3,5,10-12,16-17,19-21,49-50H2,1-2H3,(H3,51,52,55)/t22-,25-,28+,33?,43-,44-,45-,47+,48-/m1/s1. The van der Waals surface area contributed by atoms with Crippen LogP contribution in [0.2, 0.25) is 0 Å². The van der Waals surface area contributed by atoms with Crippen LogP contribution in [-0.2, 0) is 33.7 Å². The monoisotopic (exact) mass is 970 g/mol. The molecule has 16 N–H and O–H groups in total. The first-order valence-corrected chi connectivity index (χ1v) is 22.8. The Bertz CT molecular complexity index is 2660. The number of aliphatic imine (C=N–C) groups is 1. The van der Waals surface area contributed by atoms with Gasteiger partial charge in [0.2, 0.25) is 17.9 Å². The zero-order valence-corrected chi connectivity index (χ0v) is 38.4. The number of phenols is 1. The fraction of sp³-hybridized carbons (Fsp3) is 0.438. The molecule has 0 bridgehead atoms. The number of methoxy groups -OCH3 is 1. The predicted molar refractivity (Wildman–Crippen MR) is 248 cm³/mol. The first-order chi connectivity index (χ1) is 33.4. The van der Waals surface area contributed by atoms with Crippen LogP contribution in [0.4, 0.5) is 0 Å². The average molecular weight is 971 g/mol. The van der Waals surface area contributed by atoms with E-state index in [1.807, 2.05) is 12.3 Å². The van der Waals surface area contributed by atoms with Crippen LogP contribution in [0.3, 0.4) is 0 Å². The quantitative estimate of drug-likeness (QED) is 0.0352. The van der Waals surface area contributed by atoms with Crippen molar-refractivity contribution in [1.29, 1.82) is 0 Å². The lowest BCUT2D eigenvalue weighted by atomic mass is 9.73. The molecule has 22 nitrogen and oxygen atoms in total. The second kappa shape index (κ2) is 19.6. The molecule has 70 heavy (non-hydrogen) atoms. The average Bonchev–Trinajstić information content (AvgIpc) is 3.54. The Hall–Kier alpha value is -6.63. The van der Waals surface area contributed by atoms with Gasteiger partial charge in [0, 0.05) is 80.3 Å². The molecular weight excluding hydrogens is 913 g/mol. The number of rotatable bonds is 14. The summed E-state index contributed by atoms with van der Waals surface area (Å²) in [5.41, 5.74) is 16.7. The van der Waals surface area contributed by atoms with Crippen LogP contribution in [-0.4, -0.2) is 146 Å². The van der Waals surface area contributed by atoms with Gasteiger partial charge in [0.15, 0.2) is 11.7 Å². The van der Waals surface area contributed by atoms with Crippen LogP contribution >= 0.6 is 0 Å². The van der Waals surface area contributed by atoms with Crippen LogP contribution < -0.4 is 42.6 Å². The Labute approximate surface area is 401 Å². The number of phenolic OH excluding ortho intramolecular Hbond substituents is 1. The zero-order chi connectivity index (χ0) is 50.4. The molecule has 2 aromatic rings. The number of allylic oxidation sites excluding steroid dienone is 3. The number of dihydropyridines is 2. The highest BCUT2D eigenvalue weighted by molar-refractivity contribution is 6.31. The normalized spacial score (nSPS) is 28.9. The van der Waals surface area contributed by atoms with Crippen molar-refractivity contribution >= 4 is 29.3 Å². The molecule has 0 aromatic heterocycles. The maximum atomic E-state index is 15.1. The lowest BCUT2D eigenvalue weighted by Crippen LogP contribution is -2.75. The lowest BCUT2D eigenvalue weighted by molar-refractivity contribution is -0.420. The first-order valence-electron chi connectivity index (χ1n) is 22.8. The molecule has 2 amide bonds. The maximum absolute atomic E-state index is 15.1. The molecule has 0 spiro atoms. The molecule has 4 heterocycles. The summed E-state index contributed by atoms with van der Waals surface area (Å²) in [6, 6.07) is 2.49. The van der Waals surface area contributed by atoms with Gasteiger partial charge in [0.25, 0.3) is 11.8 Å². The molecule has 8 rings (SSSR count). The maximum Gasteiger partial charge on any atom is 0.253 e. The fourth-order valence-corrected chi connectivity index (χ4v) is 10.4. The summed E-state index contributed by atoms with van der Waals surface area (Å²) in [5.74, 6) is -8.30. The summed E-state index contributed by atoms with van der Waals surface area (Å²) >= 11 is 0. The third-order valence-electron chi connectivity index (χ3n) is 14.2. The van der Waals surface area contributed by atoms with Crippen molar-refractivity contribution in [2.24, 2.45) is 39.9 Å². The van der Waals surface area contributed by atoms with E-state index in [0.29, 0.717) is 29.5 Å². The minimum atomic E-state index is -3.15. The highest BCUT2D eigenvalue weighted by Crippen LogP contribution is 2.49. The van der Waals surface area contributed by atoms with E-state index in [4.69, 9.17) is 31.4 Å². The van der Waals surface area contributed by atoms with Gasteiger partial charge in [-0.3, -0.25) is 29.1 Å². The summed E-state index contributed by atoms with van der Waals surface area (Å²) in [6.45, 7) is -1.85. The number of carbonyl (C=O) groups is 4. The fourth-order valence-electron chi connectivity index (χ4n) is 10.4. The Kier molecular flexibility index (Phi) is 14.0. The van der Waals surface area contributed by atoms with Crippen molar-refractivity contribution in [2.75, 3.05) is 40.5 Å². The number of imide groups is 1. The number of guanidine groups is 1. The van der Waals surface area contributed by atoms with E-state index < -0.39 is 95.4 Å². The minimum absolute atomic E-state index is 0.0145. The number of benzene rings is 2. The summed E-state index contributed by atoms with van der Waals surface area (Å²) in [6.07, 6.45) is 4.14. The summed E-state index contributed by atoms with van der Waals surface area (Å²) in [7, 11) is 2.75. The van der Waals surface area contributed by atoms with E-state index in [9.17, 15) is 45.3 Å². The Morgan fingerprint density at radius 3 is 2.44 bits per heavy atom. The molecule has 2 aromatic carbocycles. The molecule has 374 valence electrons. The van der Waals surface area contributed by atoms with Crippen molar-refractivity contribution < 1.29 is 69.1 Å². The van der Waals surface area contributed by atoms with Crippen LogP contribution in [0.1, 0.15) is 67.8 Å². The van der Waals surface area contributed by atoms with E-state index in [0.717, 1.165) is 22.6 Å². The van der Waals surface area contributed by atoms with E-state index in [2.05, 4.69) is 20.9 Å². The third kappa shape index (κ3) is 8.81. The van der Waals surface area contributed by atoms with Crippen molar-refractivity contribution in [3.63, 3.8) is 0 Å². The first kappa shape index (κ1) is 49.8. The SMILES string of the molecule is CN=C(N)NCc1c(O)c2c(c3c1C[C@H](C1=CNC(N)C=C1)[C@@H](CCO)CC3)C(=O)c1cc(OC)cc(O[C@@H]3O[C@](O)(CO)[C@](O)(C[C@H](CN4C(=O)C=CC4=O)C4=CCNC(N)=C4)[C@H](O)[C@H]3O)c1C2=O. The predicted octanol–water partition coefficient (Wildman–Crippen LogP) is -2.23.